The van der Waals surface area contributed by atoms with Crippen LogP contribution in [-0.4, -0.2) is 28.5 Å². The van der Waals surface area contributed by atoms with E-state index < -0.39 is 5.97 Å². The lowest BCUT2D eigenvalue weighted by molar-refractivity contribution is 0.0697. The number of fused-ring (bicyclic) bond motifs is 1. The largest absolute Gasteiger partial charge is 0.478 e. The van der Waals surface area contributed by atoms with Crippen molar-refractivity contribution in [1.29, 1.82) is 0 Å². The molecular weight excluding hydrogens is 301 g/mol. The molecule has 24 heavy (non-hydrogen) atoms. The smallest absolute Gasteiger partial charge is 0.339 e. The van der Waals surface area contributed by atoms with Gasteiger partial charge in [-0.15, -0.1) is 0 Å². The number of nitrogens with one attached hydrogen (secondary N) is 1. The fourth-order valence-corrected chi connectivity index (χ4v) is 3.27. The van der Waals surface area contributed by atoms with Crippen molar-refractivity contribution in [3.05, 3.63) is 47.8 Å². The van der Waals surface area contributed by atoms with Gasteiger partial charge in [0.15, 0.2) is 0 Å². The summed E-state index contributed by atoms with van der Waals surface area (Å²) in [5, 5.41) is 13.8. The Hall–Kier alpha value is -2.76. The maximum Gasteiger partial charge on any atom is 0.339 e. The van der Waals surface area contributed by atoms with E-state index in [2.05, 4.69) is 28.8 Å². The lowest BCUT2D eigenvalue weighted by Crippen LogP contribution is -2.10. The first-order chi connectivity index (χ1) is 11.5. The first kappa shape index (κ1) is 14.8. The molecule has 0 atom stereocenters. The molecule has 1 saturated carbocycles. The van der Waals surface area contributed by atoms with Crippen molar-refractivity contribution in [1.82, 2.24) is 9.55 Å². The van der Waals surface area contributed by atoms with E-state index in [1.54, 1.807) is 12.3 Å². The van der Waals surface area contributed by atoms with Crippen molar-refractivity contribution in [3.63, 3.8) is 0 Å². The van der Waals surface area contributed by atoms with Crippen LogP contribution in [0.5, 0.6) is 0 Å². The van der Waals surface area contributed by atoms with Crippen molar-refractivity contribution in [2.75, 3.05) is 5.32 Å². The van der Waals surface area contributed by atoms with Gasteiger partial charge >= 0.3 is 5.97 Å². The molecule has 1 aliphatic rings. The minimum Gasteiger partial charge on any atom is -0.478 e. The Morgan fingerprint density at radius 2 is 2.17 bits per heavy atom. The van der Waals surface area contributed by atoms with Gasteiger partial charge in [0, 0.05) is 36.0 Å². The van der Waals surface area contributed by atoms with Gasteiger partial charge in [0.1, 0.15) is 19.2 Å². The Balaban J connectivity index is 1.73. The van der Waals surface area contributed by atoms with E-state index in [0.717, 1.165) is 34.9 Å². The molecule has 3 aromatic rings. The number of hydrogen-bond donors (Lipinski definition) is 2. The van der Waals surface area contributed by atoms with Crippen LogP contribution in [0.2, 0.25) is 0 Å². The van der Waals surface area contributed by atoms with Gasteiger partial charge in [-0.1, -0.05) is 5.46 Å². The van der Waals surface area contributed by atoms with Crippen molar-refractivity contribution in [3.8, 4) is 0 Å². The molecule has 0 spiro atoms. The van der Waals surface area contributed by atoms with Gasteiger partial charge in [0.25, 0.3) is 0 Å². The minimum atomic E-state index is -0.954. The second-order valence-corrected chi connectivity index (χ2v) is 6.53. The van der Waals surface area contributed by atoms with Gasteiger partial charge in [-0.05, 0) is 48.6 Å². The Kier molecular flexibility index (Phi) is 3.34. The number of carbonyl (C=O) groups is 1. The molecule has 6 heteroatoms. The highest BCUT2D eigenvalue weighted by Crippen LogP contribution is 2.40. The Labute approximate surface area is 140 Å². The lowest BCUT2D eigenvalue weighted by atomic mass is 9.93. The van der Waals surface area contributed by atoms with Crippen molar-refractivity contribution >= 4 is 41.7 Å². The highest BCUT2D eigenvalue weighted by Gasteiger charge is 2.26. The first-order valence-corrected chi connectivity index (χ1v) is 8.09. The van der Waals surface area contributed by atoms with Gasteiger partial charge in [0.2, 0.25) is 0 Å². The zero-order valence-corrected chi connectivity index (χ0v) is 13.7. The number of nitrogens with zero attached hydrogens (tertiary/aromatic N) is 2. The average molecular weight is 319 g/mol. The molecule has 0 amide bonds. The van der Waals surface area contributed by atoms with Crippen LogP contribution in [0, 0.1) is 0 Å². The van der Waals surface area contributed by atoms with E-state index in [4.69, 9.17) is 0 Å². The molecular formula is C18H18BN3O2. The predicted molar refractivity (Wildman–Crippen MR) is 97.6 cm³/mol. The summed E-state index contributed by atoms with van der Waals surface area (Å²) in [5.74, 6) is -0.0841. The number of aryl methyl sites for hydroxylation is 1. The van der Waals surface area contributed by atoms with E-state index in [0.29, 0.717) is 11.7 Å². The second kappa shape index (κ2) is 5.41. The van der Waals surface area contributed by atoms with Crippen LogP contribution in [-0.2, 0) is 7.05 Å². The van der Waals surface area contributed by atoms with Crippen LogP contribution in [0.25, 0.3) is 10.9 Å². The number of pyridine rings is 1. The topological polar surface area (TPSA) is 67.2 Å². The van der Waals surface area contributed by atoms with E-state index in [1.807, 2.05) is 25.4 Å². The molecule has 1 aromatic carbocycles. The number of carboxylic acid groups (broad SMARTS) is 1. The van der Waals surface area contributed by atoms with E-state index in [1.165, 1.54) is 5.52 Å². The Bertz CT molecular complexity index is 960. The Morgan fingerprint density at radius 1 is 1.38 bits per heavy atom. The van der Waals surface area contributed by atoms with Gasteiger partial charge in [-0.3, -0.25) is 0 Å². The predicted octanol–water partition coefficient (Wildman–Crippen LogP) is 2.15. The summed E-state index contributed by atoms with van der Waals surface area (Å²) in [6.07, 6.45) is 6.06. The van der Waals surface area contributed by atoms with Gasteiger partial charge in [0.05, 0.1) is 0 Å². The molecule has 2 heterocycles. The summed E-state index contributed by atoms with van der Waals surface area (Å²) >= 11 is 0. The number of rotatable bonds is 4. The van der Waals surface area contributed by atoms with Crippen molar-refractivity contribution < 1.29 is 9.90 Å². The molecule has 0 saturated heterocycles. The molecule has 2 N–H and O–H groups in total. The zero-order chi connectivity index (χ0) is 16.8. The normalized spacial score (nSPS) is 14.0. The van der Waals surface area contributed by atoms with Gasteiger partial charge in [-0.25, -0.2) is 9.78 Å². The third kappa shape index (κ3) is 2.54. The molecule has 0 aliphatic heterocycles. The van der Waals surface area contributed by atoms with E-state index in [9.17, 15) is 9.90 Å². The molecule has 0 unspecified atom stereocenters. The first-order valence-electron chi connectivity index (χ1n) is 8.09. The highest BCUT2D eigenvalue weighted by atomic mass is 16.4. The molecule has 1 fully saturated rings. The quantitative estimate of drug-likeness (QED) is 0.723. The van der Waals surface area contributed by atoms with Crippen molar-refractivity contribution in [2.45, 2.75) is 18.8 Å². The SMILES string of the molecule is Bc1cc(Nc2ncc(C3CC3)cc2C(=O)O)cc2ccn(C)c12. The zero-order valence-electron chi connectivity index (χ0n) is 13.7. The number of anilines is 2. The number of hydrogen-bond acceptors (Lipinski definition) is 3. The molecule has 120 valence electrons. The van der Waals surface area contributed by atoms with Gasteiger partial charge < -0.3 is 15.0 Å². The third-order valence-corrected chi connectivity index (χ3v) is 4.61. The fourth-order valence-electron chi connectivity index (χ4n) is 3.27. The maximum absolute atomic E-state index is 11.6. The summed E-state index contributed by atoms with van der Waals surface area (Å²) in [7, 11) is 4.07. The molecule has 2 aromatic heterocycles. The van der Waals surface area contributed by atoms with Crippen LogP contribution in [0.15, 0.2) is 36.7 Å². The summed E-state index contributed by atoms with van der Waals surface area (Å²) in [5.41, 5.74) is 4.41. The molecule has 1 aliphatic carbocycles. The summed E-state index contributed by atoms with van der Waals surface area (Å²) < 4.78 is 2.08. The lowest BCUT2D eigenvalue weighted by Gasteiger charge is -2.12. The van der Waals surface area contributed by atoms with E-state index >= 15 is 0 Å². The highest BCUT2D eigenvalue weighted by molar-refractivity contribution is 6.38. The number of benzene rings is 1. The number of aromatic nitrogens is 2. The number of carboxylic acids is 1. The molecule has 5 nitrogen and oxygen atoms in total. The molecule has 4 rings (SSSR count). The second-order valence-electron chi connectivity index (χ2n) is 6.53. The van der Waals surface area contributed by atoms with Gasteiger partial charge in [-0.2, -0.15) is 0 Å². The average Bonchev–Trinajstić information content (AvgIpc) is 3.31. The standard InChI is InChI=1S/C18H18BN3O2/c1-22-5-4-11-6-13(8-15(19)16(11)22)21-17-14(18(23)24)7-12(9-20-17)10-2-3-10/h4-10H,2-3,19H2,1H3,(H,20,21)(H,23,24). The summed E-state index contributed by atoms with van der Waals surface area (Å²) in [6.45, 7) is 0. The van der Waals surface area contributed by atoms with E-state index in [-0.39, 0.29) is 5.56 Å². The number of aromatic carboxylic acids is 1. The fraction of sp³-hybridized carbons (Fsp3) is 0.222. The monoisotopic (exact) mass is 319 g/mol. The third-order valence-electron chi connectivity index (χ3n) is 4.61. The van der Waals surface area contributed by atoms with Crippen LogP contribution in [0.4, 0.5) is 11.5 Å². The summed E-state index contributed by atoms with van der Waals surface area (Å²) in [4.78, 5) is 16.0. The minimum absolute atomic E-state index is 0.227. The van der Waals surface area contributed by atoms with Crippen LogP contribution >= 0.6 is 0 Å². The van der Waals surface area contributed by atoms with Crippen LogP contribution < -0.4 is 10.8 Å². The van der Waals surface area contributed by atoms with Crippen LogP contribution in [0.3, 0.4) is 0 Å². The summed E-state index contributed by atoms with van der Waals surface area (Å²) in [6, 6.07) is 7.84. The molecule has 0 radical (unpaired) electrons. The Morgan fingerprint density at radius 3 is 2.88 bits per heavy atom. The van der Waals surface area contributed by atoms with Crippen molar-refractivity contribution in [2.24, 2.45) is 7.05 Å². The maximum atomic E-state index is 11.6. The van der Waals surface area contributed by atoms with Crippen LogP contribution in [0.1, 0.15) is 34.7 Å². The molecule has 0 bridgehead atoms.